The van der Waals surface area contributed by atoms with Crippen molar-refractivity contribution >= 4 is 11.8 Å². The van der Waals surface area contributed by atoms with Crippen LogP contribution in [-0.2, 0) is 9.63 Å². The van der Waals surface area contributed by atoms with Gasteiger partial charge in [-0.25, -0.2) is 5.48 Å². The lowest BCUT2D eigenvalue weighted by atomic mass is 10.2. The maximum atomic E-state index is 11.6. The van der Waals surface area contributed by atoms with E-state index in [1.807, 2.05) is 6.92 Å². The number of carbonyl (C=O) groups is 2. The summed E-state index contributed by atoms with van der Waals surface area (Å²) in [7, 11) is 1.49. The first kappa shape index (κ1) is 14.0. The molecule has 6 heteroatoms. The molecule has 2 N–H and O–H groups in total. The molecule has 0 aliphatic rings. The van der Waals surface area contributed by atoms with Crippen LogP contribution in [0.25, 0.3) is 0 Å². The predicted molar refractivity (Wildman–Crippen MR) is 65.1 cm³/mol. The van der Waals surface area contributed by atoms with Crippen molar-refractivity contribution in [2.75, 3.05) is 20.3 Å². The molecule has 0 aliphatic carbocycles. The molecule has 0 unspecified atom stereocenters. The lowest BCUT2D eigenvalue weighted by Crippen LogP contribution is -2.31. The Labute approximate surface area is 105 Å². The van der Waals surface area contributed by atoms with Crippen molar-refractivity contribution in [1.29, 1.82) is 0 Å². The van der Waals surface area contributed by atoms with Crippen molar-refractivity contribution in [2.45, 2.75) is 6.92 Å². The molecule has 18 heavy (non-hydrogen) atoms. The zero-order valence-electron chi connectivity index (χ0n) is 10.4. The number of benzene rings is 1. The molecule has 0 aliphatic heterocycles. The molecule has 0 saturated heterocycles. The van der Waals surface area contributed by atoms with E-state index in [2.05, 4.69) is 10.8 Å². The van der Waals surface area contributed by atoms with E-state index in [9.17, 15) is 9.59 Å². The molecule has 0 heterocycles. The molecule has 0 saturated carbocycles. The van der Waals surface area contributed by atoms with E-state index in [-0.39, 0.29) is 12.5 Å². The second-order valence-electron chi connectivity index (χ2n) is 3.35. The summed E-state index contributed by atoms with van der Waals surface area (Å²) in [4.78, 5) is 27.3. The summed E-state index contributed by atoms with van der Waals surface area (Å²) in [6, 6.07) is 6.69. The van der Waals surface area contributed by atoms with Crippen molar-refractivity contribution in [3.63, 3.8) is 0 Å². The van der Waals surface area contributed by atoms with Crippen LogP contribution in [0.3, 0.4) is 0 Å². The molecule has 1 rings (SSSR count). The van der Waals surface area contributed by atoms with Crippen molar-refractivity contribution in [2.24, 2.45) is 0 Å². The summed E-state index contributed by atoms with van der Waals surface area (Å²) in [6.07, 6.45) is 0. The van der Waals surface area contributed by atoms with Crippen molar-refractivity contribution < 1.29 is 19.2 Å². The number of hydrogen-bond acceptors (Lipinski definition) is 4. The molecule has 0 fully saturated rings. The van der Waals surface area contributed by atoms with E-state index in [0.29, 0.717) is 17.9 Å². The van der Waals surface area contributed by atoms with Crippen LogP contribution in [0.1, 0.15) is 17.3 Å². The maximum absolute atomic E-state index is 11.6. The zero-order valence-corrected chi connectivity index (χ0v) is 10.4. The molecule has 0 spiro atoms. The van der Waals surface area contributed by atoms with Crippen molar-refractivity contribution in [3.8, 4) is 5.75 Å². The largest absolute Gasteiger partial charge is 0.494 e. The van der Waals surface area contributed by atoms with Gasteiger partial charge in [0.1, 0.15) is 5.75 Å². The van der Waals surface area contributed by atoms with Gasteiger partial charge in [-0.15, -0.1) is 0 Å². The van der Waals surface area contributed by atoms with Gasteiger partial charge in [-0.05, 0) is 25.1 Å². The predicted octanol–water partition coefficient (Wildman–Crippen LogP) is 0.493. The third-order valence-electron chi connectivity index (χ3n) is 2.05. The van der Waals surface area contributed by atoms with Crippen molar-refractivity contribution in [1.82, 2.24) is 10.8 Å². The van der Waals surface area contributed by atoms with Crippen LogP contribution in [0.15, 0.2) is 24.3 Å². The van der Waals surface area contributed by atoms with E-state index in [1.165, 1.54) is 7.05 Å². The molecule has 0 atom stereocenters. The fraction of sp³-hybridized carbons (Fsp3) is 0.333. The summed E-state index contributed by atoms with van der Waals surface area (Å²) in [6.45, 7) is 2.16. The smallest absolute Gasteiger partial charge is 0.274 e. The Bertz CT molecular complexity index is 420. The summed E-state index contributed by atoms with van der Waals surface area (Å²) in [5.74, 6) is -0.143. The number of rotatable bonds is 6. The fourth-order valence-electron chi connectivity index (χ4n) is 1.19. The van der Waals surface area contributed by atoms with Gasteiger partial charge >= 0.3 is 0 Å². The number of nitrogens with one attached hydrogen (secondary N) is 2. The summed E-state index contributed by atoms with van der Waals surface area (Å²) in [5, 5.41) is 2.37. The zero-order chi connectivity index (χ0) is 13.4. The normalized spacial score (nSPS) is 9.67. The number of hydroxylamine groups is 1. The number of ether oxygens (including phenoxy) is 1. The standard InChI is InChI=1S/C12H16N2O4/c1-3-17-10-6-4-5-9(7-10)12(16)14-18-8-11(15)13-2/h4-7H,3,8H2,1-2H3,(H,13,15)(H,14,16). The minimum Gasteiger partial charge on any atom is -0.494 e. The van der Waals surface area contributed by atoms with Gasteiger partial charge in [0, 0.05) is 12.6 Å². The van der Waals surface area contributed by atoms with E-state index in [4.69, 9.17) is 9.57 Å². The second kappa shape index (κ2) is 7.29. The van der Waals surface area contributed by atoms with E-state index in [1.54, 1.807) is 24.3 Å². The summed E-state index contributed by atoms with van der Waals surface area (Å²) in [5.41, 5.74) is 2.58. The van der Waals surface area contributed by atoms with E-state index < -0.39 is 5.91 Å². The number of likely N-dealkylation sites (N-methyl/N-ethyl adjacent to an activating group) is 1. The van der Waals surface area contributed by atoms with Crippen LogP contribution in [0, 0.1) is 0 Å². The Balaban J connectivity index is 2.50. The van der Waals surface area contributed by atoms with Crippen LogP contribution in [-0.4, -0.2) is 32.1 Å². The molecule has 0 aromatic heterocycles. The molecule has 1 aromatic rings. The van der Waals surface area contributed by atoms with Crippen LogP contribution < -0.4 is 15.5 Å². The van der Waals surface area contributed by atoms with Gasteiger partial charge < -0.3 is 10.1 Å². The molecule has 6 nitrogen and oxygen atoms in total. The average molecular weight is 252 g/mol. The number of amides is 2. The molecular weight excluding hydrogens is 236 g/mol. The fourth-order valence-corrected chi connectivity index (χ4v) is 1.19. The minimum absolute atomic E-state index is 0.229. The summed E-state index contributed by atoms with van der Waals surface area (Å²) >= 11 is 0. The van der Waals surface area contributed by atoms with Crippen molar-refractivity contribution in [3.05, 3.63) is 29.8 Å². The van der Waals surface area contributed by atoms with E-state index in [0.717, 1.165) is 0 Å². The van der Waals surface area contributed by atoms with Gasteiger partial charge in [-0.3, -0.25) is 14.4 Å². The van der Waals surface area contributed by atoms with Crippen LogP contribution in [0.4, 0.5) is 0 Å². The Hall–Kier alpha value is -2.08. The van der Waals surface area contributed by atoms with Gasteiger partial charge in [0.05, 0.1) is 6.61 Å². The highest BCUT2D eigenvalue weighted by atomic mass is 16.7. The van der Waals surface area contributed by atoms with E-state index >= 15 is 0 Å². The molecule has 98 valence electrons. The molecular formula is C12H16N2O4. The first-order chi connectivity index (χ1) is 8.67. The van der Waals surface area contributed by atoms with Crippen LogP contribution in [0.5, 0.6) is 5.75 Å². The lowest BCUT2D eigenvalue weighted by molar-refractivity contribution is -0.126. The molecule has 1 aromatic carbocycles. The Morgan fingerprint density at radius 1 is 1.33 bits per heavy atom. The van der Waals surface area contributed by atoms with Gasteiger partial charge in [-0.2, -0.15) is 0 Å². The highest BCUT2D eigenvalue weighted by molar-refractivity contribution is 5.93. The second-order valence-corrected chi connectivity index (χ2v) is 3.35. The van der Waals surface area contributed by atoms with Gasteiger partial charge in [0.25, 0.3) is 5.91 Å². The minimum atomic E-state index is -0.430. The first-order valence-electron chi connectivity index (χ1n) is 5.53. The third-order valence-corrected chi connectivity index (χ3v) is 2.05. The number of carbonyl (C=O) groups excluding carboxylic acids is 2. The van der Waals surface area contributed by atoms with Gasteiger partial charge in [-0.1, -0.05) is 6.07 Å². The highest BCUT2D eigenvalue weighted by Crippen LogP contribution is 2.12. The maximum Gasteiger partial charge on any atom is 0.274 e. The Kier molecular flexibility index (Phi) is 5.66. The lowest BCUT2D eigenvalue weighted by Gasteiger charge is -2.07. The quantitative estimate of drug-likeness (QED) is 0.722. The Morgan fingerprint density at radius 2 is 2.11 bits per heavy atom. The molecule has 0 bridgehead atoms. The highest BCUT2D eigenvalue weighted by Gasteiger charge is 2.07. The monoisotopic (exact) mass is 252 g/mol. The summed E-state index contributed by atoms with van der Waals surface area (Å²) < 4.78 is 5.27. The first-order valence-corrected chi connectivity index (χ1v) is 5.53. The average Bonchev–Trinajstić information content (AvgIpc) is 2.39. The van der Waals surface area contributed by atoms with Gasteiger partial charge in [0.15, 0.2) is 6.61 Å². The van der Waals surface area contributed by atoms with Gasteiger partial charge in [0.2, 0.25) is 5.91 Å². The molecule has 2 amide bonds. The van der Waals surface area contributed by atoms with Crippen LogP contribution >= 0.6 is 0 Å². The third kappa shape index (κ3) is 4.42. The SMILES string of the molecule is CCOc1cccc(C(=O)NOCC(=O)NC)c1. The van der Waals surface area contributed by atoms with Crippen LogP contribution in [0.2, 0.25) is 0 Å². The molecule has 0 radical (unpaired) electrons. The number of hydrogen-bond donors (Lipinski definition) is 2. The Morgan fingerprint density at radius 3 is 2.78 bits per heavy atom. The topological polar surface area (TPSA) is 76.7 Å².